The van der Waals surface area contributed by atoms with Crippen LogP contribution in [0.15, 0.2) is 42.5 Å². The molecule has 0 aliphatic carbocycles. The number of benzene rings is 2. The van der Waals surface area contributed by atoms with Gasteiger partial charge in [0, 0.05) is 43.8 Å². The zero-order chi connectivity index (χ0) is 25.3. The van der Waals surface area contributed by atoms with Gasteiger partial charge in [0.25, 0.3) is 11.8 Å². The van der Waals surface area contributed by atoms with Crippen LogP contribution in [0.5, 0.6) is 0 Å². The molecule has 10 heteroatoms. The molecule has 2 aliphatic rings. The Hall–Kier alpha value is -3.24. The molecule has 1 atom stereocenters. The Morgan fingerprint density at radius 2 is 1.60 bits per heavy atom. The first-order valence-corrected chi connectivity index (χ1v) is 13.6. The number of hydrogen-bond donors (Lipinski definition) is 1. The van der Waals surface area contributed by atoms with Gasteiger partial charge in [-0.3, -0.25) is 19.3 Å². The molecular weight excluding hydrogens is 468 g/mol. The van der Waals surface area contributed by atoms with Gasteiger partial charge in [0.05, 0.1) is 16.9 Å². The van der Waals surface area contributed by atoms with Crippen molar-refractivity contribution >= 4 is 38.9 Å². The van der Waals surface area contributed by atoms with E-state index in [-0.39, 0.29) is 23.3 Å². The molecule has 0 saturated carbocycles. The van der Waals surface area contributed by atoms with Gasteiger partial charge in [0.15, 0.2) is 0 Å². The summed E-state index contributed by atoms with van der Waals surface area (Å²) in [6, 6.07) is 10.7. The normalized spacial score (nSPS) is 17.5. The average Bonchev–Trinajstić information content (AvgIpc) is 3.05. The average molecular weight is 499 g/mol. The van der Waals surface area contributed by atoms with E-state index in [2.05, 4.69) is 22.2 Å². The SMILES string of the molecule is Cc1cc(NC(=O)C(CCS(C)(=O)=O)N2C(=O)c3ccccc3C2=O)ccc1N1CCN(C)CC1. The van der Waals surface area contributed by atoms with Crippen molar-refractivity contribution in [3.8, 4) is 0 Å². The van der Waals surface area contributed by atoms with Gasteiger partial charge in [0.2, 0.25) is 5.91 Å². The number of carbonyl (C=O) groups is 3. The number of amides is 3. The molecule has 4 rings (SSSR count). The van der Waals surface area contributed by atoms with Crippen molar-refractivity contribution in [1.82, 2.24) is 9.80 Å². The fraction of sp³-hybridized carbons (Fsp3) is 0.400. The van der Waals surface area contributed by atoms with E-state index in [4.69, 9.17) is 0 Å². The van der Waals surface area contributed by atoms with E-state index < -0.39 is 33.6 Å². The molecule has 0 aromatic heterocycles. The Labute approximate surface area is 205 Å². The molecule has 9 nitrogen and oxygen atoms in total. The molecule has 1 saturated heterocycles. The standard InChI is InChI=1S/C25H30N4O5S/c1-17-16-18(8-9-21(17)28-13-11-27(2)12-14-28)26-23(30)22(10-15-35(3,33)34)29-24(31)19-6-4-5-7-20(19)25(29)32/h4-9,16,22H,10-15H2,1-3H3,(H,26,30). The third-order valence-electron chi connectivity index (χ3n) is 6.51. The molecular formula is C25H30N4O5S. The van der Waals surface area contributed by atoms with E-state index in [1.165, 1.54) is 12.1 Å². The van der Waals surface area contributed by atoms with Crippen molar-refractivity contribution in [2.24, 2.45) is 0 Å². The van der Waals surface area contributed by atoms with Gasteiger partial charge in [-0.25, -0.2) is 8.42 Å². The minimum Gasteiger partial charge on any atom is -0.369 e. The molecule has 3 amide bonds. The maximum Gasteiger partial charge on any atom is 0.262 e. The monoisotopic (exact) mass is 498 g/mol. The second-order valence-corrected chi connectivity index (χ2v) is 11.5. The number of imide groups is 1. The van der Waals surface area contributed by atoms with Gasteiger partial charge in [-0.2, -0.15) is 0 Å². The van der Waals surface area contributed by atoms with Crippen LogP contribution >= 0.6 is 0 Å². The Kier molecular flexibility index (Phi) is 6.95. The fourth-order valence-electron chi connectivity index (χ4n) is 4.56. The Bertz CT molecular complexity index is 1230. The van der Waals surface area contributed by atoms with E-state index in [1.54, 1.807) is 18.2 Å². The summed E-state index contributed by atoms with van der Waals surface area (Å²) in [5.74, 6) is -2.13. The zero-order valence-corrected chi connectivity index (χ0v) is 21.0. The number of fused-ring (bicyclic) bond motifs is 1. The highest BCUT2D eigenvalue weighted by Gasteiger charge is 2.42. The smallest absolute Gasteiger partial charge is 0.262 e. The topological polar surface area (TPSA) is 107 Å². The van der Waals surface area contributed by atoms with Crippen LogP contribution in [-0.2, 0) is 14.6 Å². The zero-order valence-electron chi connectivity index (χ0n) is 20.2. The molecule has 2 heterocycles. The molecule has 0 bridgehead atoms. The number of rotatable bonds is 7. The molecule has 2 aliphatic heterocycles. The van der Waals surface area contributed by atoms with Crippen molar-refractivity contribution in [3.05, 3.63) is 59.2 Å². The summed E-state index contributed by atoms with van der Waals surface area (Å²) in [6.45, 7) is 5.74. The lowest BCUT2D eigenvalue weighted by Gasteiger charge is -2.35. The molecule has 1 unspecified atom stereocenters. The molecule has 35 heavy (non-hydrogen) atoms. The van der Waals surface area contributed by atoms with Crippen molar-refractivity contribution < 1.29 is 22.8 Å². The summed E-state index contributed by atoms with van der Waals surface area (Å²) in [6.07, 6.45) is 0.874. The Morgan fingerprint density at radius 1 is 1.00 bits per heavy atom. The number of hydrogen-bond acceptors (Lipinski definition) is 7. The van der Waals surface area contributed by atoms with Crippen LogP contribution in [0.1, 0.15) is 32.7 Å². The number of sulfone groups is 1. The first-order valence-electron chi connectivity index (χ1n) is 11.5. The molecule has 0 radical (unpaired) electrons. The van der Waals surface area contributed by atoms with Gasteiger partial charge in [-0.15, -0.1) is 0 Å². The number of anilines is 2. The van der Waals surface area contributed by atoms with Crippen molar-refractivity contribution in [2.75, 3.05) is 55.5 Å². The number of nitrogens with one attached hydrogen (secondary N) is 1. The van der Waals surface area contributed by atoms with Crippen LogP contribution < -0.4 is 10.2 Å². The highest BCUT2D eigenvalue weighted by atomic mass is 32.2. The van der Waals surface area contributed by atoms with Crippen LogP contribution in [0.4, 0.5) is 11.4 Å². The van der Waals surface area contributed by atoms with Crippen LogP contribution in [0.25, 0.3) is 0 Å². The first-order chi connectivity index (χ1) is 16.5. The maximum atomic E-state index is 13.3. The van der Waals surface area contributed by atoms with Gasteiger partial charge in [-0.05, 0) is 56.3 Å². The van der Waals surface area contributed by atoms with E-state index in [0.29, 0.717) is 5.69 Å². The Balaban J connectivity index is 1.56. The van der Waals surface area contributed by atoms with Gasteiger partial charge >= 0.3 is 0 Å². The largest absolute Gasteiger partial charge is 0.369 e. The predicted octanol–water partition coefficient (Wildman–Crippen LogP) is 1.78. The lowest BCUT2D eigenvalue weighted by molar-refractivity contribution is -0.120. The van der Waals surface area contributed by atoms with Crippen LogP contribution in [-0.4, -0.2) is 87.2 Å². The summed E-state index contributed by atoms with van der Waals surface area (Å²) < 4.78 is 23.7. The minimum absolute atomic E-state index is 0.186. The van der Waals surface area contributed by atoms with Gasteiger partial charge < -0.3 is 15.1 Å². The molecule has 1 N–H and O–H groups in total. The second kappa shape index (κ2) is 9.79. The van der Waals surface area contributed by atoms with Gasteiger partial charge in [0.1, 0.15) is 15.9 Å². The van der Waals surface area contributed by atoms with E-state index in [1.807, 2.05) is 19.1 Å². The number of aryl methyl sites for hydroxylation is 1. The van der Waals surface area contributed by atoms with E-state index >= 15 is 0 Å². The lowest BCUT2D eigenvalue weighted by atomic mass is 10.1. The maximum absolute atomic E-state index is 13.3. The molecule has 2 aromatic rings. The summed E-state index contributed by atoms with van der Waals surface area (Å²) in [4.78, 5) is 44.8. The highest BCUT2D eigenvalue weighted by Crippen LogP contribution is 2.28. The number of carbonyl (C=O) groups excluding carboxylic acids is 3. The Morgan fingerprint density at radius 3 is 2.14 bits per heavy atom. The van der Waals surface area contributed by atoms with Gasteiger partial charge in [-0.1, -0.05) is 12.1 Å². The fourth-order valence-corrected chi connectivity index (χ4v) is 5.21. The molecule has 0 spiro atoms. The summed E-state index contributed by atoms with van der Waals surface area (Å²) >= 11 is 0. The van der Waals surface area contributed by atoms with Crippen molar-refractivity contribution in [3.63, 3.8) is 0 Å². The van der Waals surface area contributed by atoms with E-state index in [9.17, 15) is 22.8 Å². The van der Waals surface area contributed by atoms with E-state index in [0.717, 1.165) is 48.6 Å². The summed E-state index contributed by atoms with van der Waals surface area (Å²) in [5.41, 5.74) is 3.02. The number of piperazine rings is 1. The van der Waals surface area contributed by atoms with Crippen LogP contribution in [0.3, 0.4) is 0 Å². The van der Waals surface area contributed by atoms with Crippen molar-refractivity contribution in [2.45, 2.75) is 19.4 Å². The molecule has 186 valence electrons. The first kappa shape index (κ1) is 24.9. The lowest BCUT2D eigenvalue weighted by Crippen LogP contribution is -2.48. The molecule has 2 aromatic carbocycles. The van der Waals surface area contributed by atoms with Crippen LogP contribution in [0.2, 0.25) is 0 Å². The third-order valence-corrected chi connectivity index (χ3v) is 7.49. The molecule has 1 fully saturated rings. The third kappa shape index (κ3) is 5.38. The highest BCUT2D eigenvalue weighted by molar-refractivity contribution is 7.90. The second-order valence-electron chi connectivity index (χ2n) is 9.24. The quantitative estimate of drug-likeness (QED) is 0.580. The number of nitrogens with zero attached hydrogens (tertiary/aromatic N) is 3. The minimum atomic E-state index is -3.42. The summed E-state index contributed by atoms with van der Waals surface area (Å²) in [5, 5.41) is 2.79. The van der Waals surface area contributed by atoms with Crippen LogP contribution in [0, 0.1) is 6.92 Å². The predicted molar refractivity (Wildman–Crippen MR) is 135 cm³/mol. The van der Waals surface area contributed by atoms with Crippen molar-refractivity contribution in [1.29, 1.82) is 0 Å². The number of likely N-dealkylation sites (N-methyl/N-ethyl adjacent to an activating group) is 1. The summed E-state index contributed by atoms with van der Waals surface area (Å²) in [7, 11) is -1.33.